The first-order valence-corrected chi connectivity index (χ1v) is 7.36. The Kier molecular flexibility index (Phi) is 5.23. The Morgan fingerprint density at radius 2 is 2.05 bits per heavy atom. The summed E-state index contributed by atoms with van der Waals surface area (Å²) in [5.41, 5.74) is 0.975. The van der Waals surface area contributed by atoms with Crippen LogP contribution in [0.15, 0.2) is 24.3 Å². The molecule has 0 bridgehead atoms. The summed E-state index contributed by atoms with van der Waals surface area (Å²) in [6.07, 6.45) is 4.07. The summed E-state index contributed by atoms with van der Waals surface area (Å²) >= 11 is 0. The lowest BCUT2D eigenvalue weighted by Gasteiger charge is -2.30. The van der Waals surface area contributed by atoms with Gasteiger partial charge in [0.1, 0.15) is 5.75 Å². The lowest BCUT2D eigenvalue weighted by molar-refractivity contribution is 0.139. The van der Waals surface area contributed by atoms with Crippen LogP contribution in [-0.2, 0) is 0 Å². The fraction of sp³-hybridized carbons (Fsp3) is 0.625. The highest BCUT2D eigenvalue weighted by Crippen LogP contribution is 2.25. The number of benzene rings is 1. The summed E-state index contributed by atoms with van der Waals surface area (Å²) in [7, 11) is 0. The molecule has 1 aromatic carbocycles. The van der Waals surface area contributed by atoms with Gasteiger partial charge in [0, 0.05) is 12.1 Å². The van der Waals surface area contributed by atoms with Crippen molar-refractivity contribution in [2.45, 2.75) is 57.7 Å². The van der Waals surface area contributed by atoms with Gasteiger partial charge >= 0.3 is 0 Å². The van der Waals surface area contributed by atoms with E-state index in [1.165, 1.54) is 19.3 Å². The lowest BCUT2D eigenvalue weighted by Crippen LogP contribution is -2.41. The number of aliphatic hydroxyl groups excluding tert-OH is 1. The number of piperidine rings is 1. The average Bonchev–Trinajstić information content (AvgIpc) is 2.40. The van der Waals surface area contributed by atoms with Crippen molar-refractivity contribution in [3.8, 4) is 5.75 Å². The smallest absolute Gasteiger partial charge is 0.119 e. The summed E-state index contributed by atoms with van der Waals surface area (Å²) in [6.45, 7) is 4.86. The standard InChI is InChI=1S/C16H25NO2/c1-3-19-15-9-7-13(8-10-15)16(18)11-14-6-4-5-12(2)17-14/h7-10,12,14,16-18H,3-6,11H2,1-2H3. The van der Waals surface area contributed by atoms with Gasteiger partial charge in [-0.05, 0) is 50.8 Å². The molecule has 2 N–H and O–H groups in total. The van der Waals surface area contributed by atoms with Gasteiger partial charge in [0.15, 0.2) is 0 Å². The van der Waals surface area contributed by atoms with Crippen molar-refractivity contribution < 1.29 is 9.84 Å². The number of hydrogen-bond donors (Lipinski definition) is 2. The SMILES string of the molecule is CCOc1ccc(C(O)CC2CCCC(C)N2)cc1. The first-order chi connectivity index (χ1) is 9.19. The van der Waals surface area contributed by atoms with Crippen molar-refractivity contribution in [1.29, 1.82) is 0 Å². The van der Waals surface area contributed by atoms with Crippen LogP contribution in [0.2, 0.25) is 0 Å². The maximum Gasteiger partial charge on any atom is 0.119 e. The van der Waals surface area contributed by atoms with Crippen LogP contribution in [0.1, 0.15) is 51.2 Å². The van der Waals surface area contributed by atoms with Crippen LogP contribution in [0.25, 0.3) is 0 Å². The van der Waals surface area contributed by atoms with Crippen LogP contribution in [0.4, 0.5) is 0 Å². The van der Waals surface area contributed by atoms with Crippen LogP contribution >= 0.6 is 0 Å². The molecule has 0 radical (unpaired) electrons. The van der Waals surface area contributed by atoms with E-state index >= 15 is 0 Å². The molecule has 3 atom stereocenters. The van der Waals surface area contributed by atoms with Crippen molar-refractivity contribution in [3.63, 3.8) is 0 Å². The van der Waals surface area contributed by atoms with Gasteiger partial charge in [0.25, 0.3) is 0 Å². The quantitative estimate of drug-likeness (QED) is 0.858. The van der Waals surface area contributed by atoms with Crippen molar-refractivity contribution in [3.05, 3.63) is 29.8 Å². The molecule has 0 amide bonds. The molecule has 3 heteroatoms. The summed E-state index contributed by atoms with van der Waals surface area (Å²) in [5.74, 6) is 0.864. The number of hydrogen-bond acceptors (Lipinski definition) is 3. The fourth-order valence-electron chi connectivity index (χ4n) is 2.78. The summed E-state index contributed by atoms with van der Waals surface area (Å²) < 4.78 is 5.41. The average molecular weight is 263 g/mol. The van der Waals surface area contributed by atoms with Crippen LogP contribution in [0, 0.1) is 0 Å². The van der Waals surface area contributed by atoms with E-state index in [2.05, 4.69) is 12.2 Å². The largest absolute Gasteiger partial charge is 0.494 e. The highest BCUT2D eigenvalue weighted by molar-refractivity contribution is 5.28. The Morgan fingerprint density at radius 1 is 1.32 bits per heavy atom. The monoisotopic (exact) mass is 263 g/mol. The summed E-state index contributed by atoms with van der Waals surface area (Å²) in [5, 5.41) is 13.9. The van der Waals surface area contributed by atoms with Crippen molar-refractivity contribution in [2.24, 2.45) is 0 Å². The zero-order chi connectivity index (χ0) is 13.7. The molecule has 1 fully saturated rings. The Hall–Kier alpha value is -1.06. The molecule has 1 aliphatic heterocycles. The third-order valence-electron chi connectivity index (χ3n) is 3.79. The summed E-state index contributed by atoms with van der Waals surface area (Å²) in [6, 6.07) is 8.79. The van der Waals surface area contributed by atoms with Crippen molar-refractivity contribution in [2.75, 3.05) is 6.61 Å². The van der Waals surface area contributed by atoms with E-state index < -0.39 is 6.10 Å². The van der Waals surface area contributed by atoms with Crippen molar-refractivity contribution in [1.82, 2.24) is 5.32 Å². The molecule has 1 saturated heterocycles. The molecule has 1 heterocycles. The summed E-state index contributed by atoms with van der Waals surface area (Å²) in [4.78, 5) is 0. The molecule has 0 aromatic heterocycles. The first kappa shape index (κ1) is 14.4. The molecule has 106 valence electrons. The third-order valence-corrected chi connectivity index (χ3v) is 3.79. The van der Waals surface area contributed by atoms with E-state index in [1.54, 1.807) is 0 Å². The zero-order valence-corrected chi connectivity index (χ0v) is 11.9. The lowest BCUT2D eigenvalue weighted by atomic mass is 9.93. The van der Waals surface area contributed by atoms with Gasteiger partial charge in [-0.1, -0.05) is 18.6 Å². The molecule has 3 unspecified atom stereocenters. The highest BCUT2D eigenvalue weighted by atomic mass is 16.5. The van der Waals surface area contributed by atoms with Crippen LogP contribution in [0.3, 0.4) is 0 Å². The van der Waals surface area contributed by atoms with E-state index in [0.717, 1.165) is 17.7 Å². The molecule has 0 spiro atoms. The second kappa shape index (κ2) is 6.92. The number of ether oxygens (including phenoxy) is 1. The Balaban J connectivity index is 1.89. The van der Waals surface area contributed by atoms with Gasteiger partial charge in [-0.25, -0.2) is 0 Å². The molecule has 0 aliphatic carbocycles. The normalized spacial score (nSPS) is 25.0. The van der Waals surface area contributed by atoms with Crippen LogP contribution in [-0.4, -0.2) is 23.8 Å². The van der Waals surface area contributed by atoms with Crippen molar-refractivity contribution >= 4 is 0 Å². The van der Waals surface area contributed by atoms with E-state index in [4.69, 9.17) is 4.74 Å². The Labute approximate surface area is 116 Å². The number of nitrogens with one attached hydrogen (secondary N) is 1. The maximum atomic E-state index is 10.3. The van der Waals surface area contributed by atoms with Gasteiger partial charge in [-0.3, -0.25) is 0 Å². The minimum absolute atomic E-state index is 0.390. The Bertz CT molecular complexity index is 377. The highest BCUT2D eigenvalue weighted by Gasteiger charge is 2.21. The first-order valence-electron chi connectivity index (χ1n) is 7.36. The van der Waals surface area contributed by atoms with Gasteiger partial charge in [0.2, 0.25) is 0 Å². The molecule has 0 saturated carbocycles. The molecule has 2 rings (SSSR count). The molecule has 19 heavy (non-hydrogen) atoms. The fourth-order valence-corrected chi connectivity index (χ4v) is 2.78. The third kappa shape index (κ3) is 4.22. The van der Waals surface area contributed by atoms with E-state index in [1.807, 2.05) is 31.2 Å². The van der Waals surface area contributed by atoms with E-state index in [0.29, 0.717) is 18.7 Å². The maximum absolute atomic E-state index is 10.3. The predicted octanol–water partition coefficient (Wildman–Crippen LogP) is 3.04. The topological polar surface area (TPSA) is 41.5 Å². The minimum Gasteiger partial charge on any atom is -0.494 e. The molecule has 1 aromatic rings. The van der Waals surface area contributed by atoms with E-state index in [-0.39, 0.29) is 0 Å². The number of aliphatic hydroxyl groups is 1. The second-order valence-corrected chi connectivity index (χ2v) is 5.45. The van der Waals surface area contributed by atoms with Gasteiger partial charge < -0.3 is 15.2 Å². The molecular weight excluding hydrogens is 238 g/mol. The zero-order valence-electron chi connectivity index (χ0n) is 11.9. The minimum atomic E-state index is -0.390. The Morgan fingerprint density at radius 3 is 2.68 bits per heavy atom. The van der Waals surface area contributed by atoms with E-state index in [9.17, 15) is 5.11 Å². The van der Waals surface area contributed by atoms with Gasteiger partial charge in [0.05, 0.1) is 12.7 Å². The molecular formula is C16H25NO2. The predicted molar refractivity (Wildman–Crippen MR) is 77.4 cm³/mol. The van der Waals surface area contributed by atoms with Crippen LogP contribution in [0.5, 0.6) is 5.75 Å². The van der Waals surface area contributed by atoms with Crippen LogP contribution < -0.4 is 10.1 Å². The number of rotatable bonds is 5. The molecule has 1 aliphatic rings. The molecule has 3 nitrogen and oxygen atoms in total. The van der Waals surface area contributed by atoms with Gasteiger partial charge in [-0.2, -0.15) is 0 Å². The van der Waals surface area contributed by atoms with Gasteiger partial charge in [-0.15, -0.1) is 0 Å². The second-order valence-electron chi connectivity index (χ2n) is 5.45.